The Bertz CT molecular complexity index is 568. The minimum absolute atomic E-state index is 0.0747. The third-order valence-electron chi connectivity index (χ3n) is 3.90. The minimum atomic E-state index is 0.0747. The van der Waals surface area contributed by atoms with Gasteiger partial charge in [0, 0.05) is 23.3 Å². The van der Waals surface area contributed by atoms with Crippen LogP contribution in [0.2, 0.25) is 0 Å². The van der Waals surface area contributed by atoms with E-state index in [-0.39, 0.29) is 5.91 Å². The normalized spacial score (nSPS) is 22.6. The highest BCUT2D eigenvalue weighted by Gasteiger charge is 2.24. The van der Waals surface area contributed by atoms with E-state index in [1.54, 1.807) is 11.3 Å². The molecule has 1 saturated carbocycles. The van der Waals surface area contributed by atoms with Crippen LogP contribution in [0.5, 0.6) is 0 Å². The molecule has 0 radical (unpaired) electrons. The third-order valence-corrected chi connectivity index (χ3v) is 4.89. The molecule has 0 atom stereocenters. The minimum Gasteiger partial charge on any atom is -0.349 e. The van der Waals surface area contributed by atoms with Gasteiger partial charge in [0.1, 0.15) is 0 Å². The number of aryl methyl sites for hydroxylation is 1. The van der Waals surface area contributed by atoms with Crippen molar-refractivity contribution in [2.45, 2.75) is 44.7 Å². The Morgan fingerprint density at radius 2 is 2.15 bits per heavy atom. The lowest BCUT2D eigenvalue weighted by Crippen LogP contribution is -2.37. The van der Waals surface area contributed by atoms with Crippen molar-refractivity contribution in [3.8, 4) is 0 Å². The number of amides is 1. The molecule has 20 heavy (non-hydrogen) atoms. The average Bonchev–Trinajstić information content (AvgIpc) is 3.10. The van der Waals surface area contributed by atoms with Gasteiger partial charge in [-0.25, -0.2) is 0 Å². The van der Waals surface area contributed by atoms with Gasteiger partial charge >= 0.3 is 0 Å². The summed E-state index contributed by atoms with van der Waals surface area (Å²) in [5.74, 6) is 0.0747. The van der Waals surface area contributed by atoms with Crippen molar-refractivity contribution in [3.05, 3.63) is 40.3 Å². The first-order valence-electron chi connectivity index (χ1n) is 7.09. The SMILES string of the molecule is Cc1ccc(C(=O)NC2CCC(n3cccn3)CC2)s1. The molecule has 1 aliphatic carbocycles. The Hall–Kier alpha value is -1.62. The lowest BCUT2D eigenvalue weighted by Gasteiger charge is -2.29. The first-order chi connectivity index (χ1) is 9.72. The molecule has 3 rings (SSSR count). The van der Waals surface area contributed by atoms with Crippen molar-refractivity contribution < 1.29 is 4.79 Å². The second-order valence-corrected chi connectivity index (χ2v) is 6.66. The molecule has 5 heteroatoms. The molecule has 106 valence electrons. The van der Waals surface area contributed by atoms with Crippen LogP contribution in [-0.2, 0) is 0 Å². The van der Waals surface area contributed by atoms with Gasteiger partial charge in [-0.3, -0.25) is 9.48 Å². The molecule has 1 fully saturated rings. The number of hydrogen-bond donors (Lipinski definition) is 1. The summed E-state index contributed by atoms with van der Waals surface area (Å²) in [6.07, 6.45) is 8.07. The molecule has 2 heterocycles. The van der Waals surface area contributed by atoms with E-state index in [0.717, 1.165) is 30.6 Å². The summed E-state index contributed by atoms with van der Waals surface area (Å²) >= 11 is 1.56. The van der Waals surface area contributed by atoms with Crippen molar-refractivity contribution in [1.82, 2.24) is 15.1 Å². The van der Waals surface area contributed by atoms with Gasteiger partial charge in [-0.05, 0) is 50.8 Å². The number of nitrogens with zero attached hydrogens (tertiary/aromatic N) is 2. The average molecular weight is 289 g/mol. The lowest BCUT2D eigenvalue weighted by atomic mass is 9.91. The van der Waals surface area contributed by atoms with E-state index < -0.39 is 0 Å². The number of nitrogens with one attached hydrogen (secondary N) is 1. The molecular weight excluding hydrogens is 270 g/mol. The summed E-state index contributed by atoms with van der Waals surface area (Å²) < 4.78 is 2.04. The smallest absolute Gasteiger partial charge is 0.261 e. The van der Waals surface area contributed by atoms with Crippen LogP contribution in [-0.4, -0.2) is 21.7 Å². The summed E-state index contributed by atoms with van der Waals surface area (Å²) in [6.45, 7) is 2.02. The fourth-order valence-electron chi connectivity index (χ4n) is 2.79. The molecule has 0 aromatic carbocycles. The molecule has 0 aliphatic heterocycles. The van der Waals surface area contributed by atoms with E-state index >= 15 is 0 Å². The fraction of sp³-hybridized carbons (Fsp3) is 0.467. The second kappa shape index (κ2) is 5.79. The maximum atomic E-state index is 12.1. The monoisotopic (exact) mass is 289 g/mol. The fourth-order valence-corrected chi connectivity index (χ4v) is 3.57. The highest BCUT2D eigenvalue weighted by molar-refractivity contribution is 7.13. The van der Waals surface area contributed by atoms with Crippen LogP contribution in [0.4, 0.5) is 0 Å². The van der Waals surface area contributed by atoms with Gasteiger partial charge in [-0.1, -0.05) is 0 Å². The molecule has 1 amide bonds. The molecule has 0 unspecified atom stereocenters. The van der Waals surface area contributed by atoms with Gasteiger partial charge in [0.05, 0.1) is 10.9 Å². The van der Waals surface area contributed by atoms with Crippen LogP contribution in [0.1, 0.15) is 46.3 Å². The first kappa shape index (κ1) is 13.4. The van der Waals surface area contributed by atoms with Crippen molar-refractivity contribution >= 4 is 17.2 Å². The van der Waals surface area contributed by atoms with E-state index in [1.165, 1.54) is 4.88 Å². The Balaban J connectivity index is 1.52. The summed E-state index contributed by atoms with van der Waals surface area (Å²) in [5, 5.41) is 7.46. The first-order valence-corrected chi connectivity index (χ1v) is 7.90. The Morgan fingerprint density at radius 1 is 1.35 bits per heavy atom. The van der Waals surface area contributed by atoms with Crippen molar-refractivity contribution in [1.29, 1.82) is 0 Å². The number of rotatable bonds is 3. The van der Waals surface area contributed by atoms with E-state index in [1.807, 2.05) is 42.2 Å². The number of carbonyl (C=O) groups excluding carboxylic acids is 1. The maximum Gasteiger partial charge on any atom is 0.261 e. The second-order valence-electron chi connectivity index (χ2n) is 5.38. The Morgan fingerprint density at radius 3 is 2.75 bits per heavy atom. The molecule has 0 bridgehead atoms. The summed E-state index contributed by atoms with van der Waals surface area (Å²) in [7, 11) is 0. The van der Waals surface area contributed by atoms with Gasteiger partial charge in [0.15, 0.2) is 0 Å². The van der Waals surface area contributed by atoms with Gasteiger partial charge in [0.25, 0.3) is 5.91 Å². The zero-order chi connectivity index (χ0) is 13.9. The van der Waals surface area contributed by atoms with Crippen LogP contribution in [0.15, 0.2) is 30.6 Å². The van der Waals surface area contributed by atoms with Crippen molar-refractivity contribution in [2.75, 3.05) is 0 Å². The van der Waals surface area contributed by atoms with E-state index in [2.05, 4.69) is 10.4 Å². The lowest BCUT2D eigenvalue weighted by molar-refractivity contribution is 0.0926. The molecular formula is C15H19N3OS. The van der Waals surface area contributed by atoms with E-state index in [4.69, 9.17) is 0 Å². The molecule has 4 nitrogen and oxygen atoms in total. The largest absolute Gasteiger partial charge is 0.349 e. The van der Waals surface area contributed by atoms with Crippen LogP contribution in [0.25, 0.3) is 0 Å². The molecule has 2 aromatic rings. The number of thiophene rings is 1. The standard InChI is InChI=1S/C15H19N3OS/c1-11-3-8-14(20-11)15(19)17-12-4-6-13(7-5-12)18-10-2-9-16-18/h2-3,8-10,12-13H,4-7H2,1H3,(H,17,19). The summed E-state index contributed by atoms with van der Waals surface area (Å²) in [5.41, 5.74) is 0. The van der Waals surface area contributed by atoms with Gasteiger partial charge in [-0.2, -0.15) is 5.10 Å². The third kappa shape index (κ3) is 2.93. The van der Waals surface area contributed by atoms with E-state index in [9.17, 15) is 4.79 Å². The number of carbonyl (C=O) groups is 1. The predicted octanol–water partition coefficient (Wildman–Crippen LogP) is 3.17. The van der Waals surface area contributed by atoms with Crippen molar-refractivity contribution in [3.63, 3.8) is 0 Å². The topological polar surface area (TPSA) is 46.9 Å². The quantitative estimate of drug-likeness (QED) is 0.943. The zero-order valence-corrected chi connectivity index (χ0v) is 12.4. The molecule has 1 N–H and O–H groups in total. The maximum absolute atomic E-state index is 12.1. The van der Waals surface area contributed by atoms with Crippen molar-refractivity contribution in [2.24, 2.45) is 0 Å². The predicted molar refractivity (Wildman–Crippen MR) is 80.0 cm³/mol. The molecule has 1 aliphatic rings. The highest BCUT2D eigenvalue weighted by Crippen LogP contribution is 2.28. The zero-order valence-electron chi connectivity index (χ0n) is 11.6. The van der Waals surface area contributed by atoms with Gasteiger partial charge in [0.2, 0.25) is 0 Å². The summed E-state index contributed by atoms with van der Waals surface area (Å²) in [6, 6.07) is 6.66. The van der Waals surface area contributed by atoms with Crippen LogP contribution >= 0.6 is 11.3 Å². The van der Waals surface area contributed by atoms with Crippen LogP contribution in [0, 0.1) is 6.92 Å². The van der Waals surface area contributed by atoms with Crippen LogP contribution in [0.3, 0.4) is 0 Å². The Labute approximate surface area is 122 Å². The van der Waals surface area contributed by atoms with Gasteiger partial charge < -0.3 is 5.32 Å². The Kier molecular flexibility index (Phi) is 3.87. The molecule has 2 aromatic heterocycles. The van der Waals surface area contributed by atoms with E-state index in [0.29, 0.717) is 12.1 Å². The van der Waals surface area contributed by atoms with Crippen LogP contribution < -0.4 is 5.32 Å². The summed E-state index contributed by atoms with van der Waals surface area (Å²) in [4.78, 5) is 14.1. The number of aromatic nitrogens is 2. The highest BCUT2D eigenvalue weighted by atomic mass is 32.1. The molecule has 0 spiro atoms. The van der Waals surface area contributed by atoms with Gasteiger partial charge in [-0.15, -0.1) is 11.3 Å². The molecule has 0 saturated heterocycles. The number of hydrogen-bond acceptors (Lipinski definition) is 3.